The van der Waals surface area contributed by atoms with Gasteiger partial charge in [-0.2, -0.15) is 0 Å². The molecule has 13 nitrogen and oxygen atoms in total. The first-order valence-electron chi connectivity index (χ1n) is 11.8. The highest BCUT2D eigenvalue weighted by Gasteiger charge is 2.30. The Kier molecular flexibility index (Phi) is 14.2. The number of carbonyl (C=O) groups is 2. The fraction of sp³-hybridized carbons (Fsp3) is 0.636. The van der Waals surface area contributed by atoms with Crippen LogP contribution in [0.15, 0.2) is 12.1 Å². The molecule has 0 bridgehead atoms. The summed E-state index contributed by atoms with van der Waals surface area (Å²) in [6.07, 6.45) is 5.65. The maximum atomic E-state index is 13.2. The molecule has 0 atom stereocenters. The minimum atomic E-state index is -3.28. The number of sulfone groups is 1. The minimum Gasteiger partial charge on any atom is -0.365 e. The molecule has 0 unspecified atom stereocenters. The van der Waals surface area contributed by atoms with E-state index in [1.807, 2.05) is 0 Å². The quantitative estimate of drug-likeness (QED) is 0.0580. The number of hydrogen-bond acceptors (Lipinski definition) is 10. The van der Waals surface area contributed by atoms with Crippen molar-refractivity contribution >= 4 is 54.5 Å². The number of nitro groups is 2. The molecule has 1 rings (SSSR count). The molecule has 0 saturated carbocycles. The standard InChI is InChI=1S/C22H33BrN4O9S/c1-37(35,36)14-8-12-25(13-11-23)22-18(15-17(26(31)32)16-19(22)27(33)34)20(28)9-6-4-2-3-5-7-10-21(29)24-30/h15-16,30H,2-14H2,1H3,(H,24,29). The van der Waals surface area contributed by atoms with Crippen molar-refractivity contribution in [1.82, 2.24) is 5.48 Å². The zero-order valence-corrected chi connectivity index (χ0v) is 23.1. The monoisotopic (exact) mass is 608 g/mol. The lowest BCUT2D eigenvalue weighted by Crippen LogP contribution is -2.30. The number of ketones is 1. The average Bonchev–Trinajstić information content (AvgIpc) is 2.83. The fourth-order valence-corrected chi connectivity index (χ4v) is 4.90. The SMILES string of the molecule is CS(=O)(=O)CCCN(CCBr)c1c(C(=O)CCCCCCCCC(=O)NO)cc([N+](=O)[O-])cc1[N+](=O)[O-]. The number of halogens is 1. The minimum absolute atomic E-state index is 0.0315. The van der Waals surface area contributed by atoms with Crippen LogP contribution in [0, 0.1) is 20.2 Å². The summed E-state index contributed by atoms with van der Waals surface area (Å²) in [5.74, 6) is -1.07. The van der Waals surface area contributed by atoms with E-state index < -0.39 is 42.7 Å². The molecule has 0 radical (unpaired) electrons. The van der Waals surface area contributed by atoms with E-state index in [9.17, 15) is 38.2 Å². The maximum absolute atomic E-state index is 13.2. The van der Waals surface area contributed by atoms with Gasteiger partial charge in [-0.05, 0) is 19.3 Å². The van der Waals surface area contributed by atoms with Crippen molar-refractivity contribution in [2.45, 2.75) is 57.8 Å². The molecule has 1 aromatic rings. The molecule has 2 N–H and O–H groups in total. The van der Waals surface area contributed by atoms with Crippen LogP contribution in [0.25, 0.3) is 0 Å². The van der Waals surface area contributed by atoms with Gasteiger partial charge in [-0.15, -0.1) is 0 Å². The Labute approximate surface area is 223 Å². The number of rotatable bonds is 19. The zero-order chi connectivity index (χ0) is 28.0. The summed E-state index contributed by atoms with van der Waals surface area (Å²) in [5.41, 5.74) is 0.249. The summed E-state index contributed by atoms with van der Waals surface area (Å²) in [4.78, 5) is 47.4. The number of hydrogen-bond donors (Lipinski definition) is 2. The Morgan fingerprint density at radius 1 is 0.973 bits per heavy atom. The molecule has 0 saturated heterocycles. The van der Waals surface area contributed by atoms with Crippen LogP contribution in [0.1, 0.15) is 68.1 Å². The largest absolute Gasteiger partial charge is 0.365 e. The molecule has 1 amide bonds. The average molecular weight is 609 g/mol. The van der Waals surface area contributed by atoms with Gasteiger partial charge in [-0.3, -0.25) is 35.0 Å². The number of Topliss-reactive ketones (excluding diaryl/α,β-unsaturated/α-hetero) is 1. The van der Waals surface area contributed by atoms with Crippen molar-refractivity contribution in [3.8, 4) is 0 Å². The fourth-order valence-electron chi connectivity index (χ4n) is 3.82. The highest BCUT2D eigenvalue weighted by molar-refractivity contribution is 9.09. The molecular weight excluding hydrogens is 576 g/mol. The van der Waals surface area contributed by atoms with Crippen molar-refractivity contribution in [1.29, 1.82) is 0 Å². The van der Waals surface area contributed by atoms with Gasteiger partial charge in [0.2, 0.25) is 5.91 Å². The number of benzene rings is 1. The van der Waals surface area contributed by atoms with E-state index in [0.29, 0.717) is 24.6 Å². The number of nitro benzene ring substituents is 2. The van der Waals surface area contributed by atoms with Crippen LogP contribution < -0.4 is 10.4 Å². The molecule has 0 heterocycles. The Morgan fingerprint density at radius 3 is 2.08 bits per heavy atom. The van der Waals surface area contributed by atoms with Gasteiger partial charge in [0.1, 0.15) is 15.5 Å². The molecule has 1 aromatic carbocycles. The van der Waals surface area contributed by atoms with Gasteiger partial charge in [0.15, 0.2) is 5.78 Å². The number of anilines is 1. The number of carbonyl (C=O) groups excluding carboxylic acids is 2. The van der Waals surface area contributed by atoms with Gasteiger partial charge in [0.05, 0.1) is 27.2 Å². The number of amides is 1. The van der Waals surface area contributed by atoms with Crippen LogP contribution in [-0.2, 0) is 14.6 Å². The zero-order valence-electron chi connectivity index (χ0n) is 20.7. The van der Waals surface area contributed by atoms with Crippen LogP contribution in [-0.4, -0.2) is 65.6 Å². The van der Waals surface area contributed by atoms with E-state index in [-0.39, 0.29) is 49.4 Å². The molecule has 0 spiro atoms. The van der Waals surface area contributed by atoms with Crippen LogP contribution in [0.4, 0.5) is 17.1 Å². The second kappa shape index (κ2) is 16.2. The molecule has 0 aliphatic carbocycles. The van der Waals surface area contributed by atoms with E-state index in [0.717, 1.165) is 37.7 Å². The number of non-ortho nitro benzene ring substituents is 1. The third-order valence-electron chi connectivity index (χ3n) is 5.58. The van der Waals surface area contributed by atoms with E-state index in [1.165, 1.54) is 4.90 Å². The summed E-state index contributed by atoms with van der Waals surface area (Å²) in [7, 11) is -3.28. The van der Waals surface area contributed by atoms with E-state index >= 15 is 0 Å². The van der Waals surface area contributed by atoms with Gasteiger partial charge >= 0.3 is 0 Å². The van der Waals surface area contributed by atoms with Crippen LogP contribution in [0.2, 0.25) is 0 Å². The van der Waals surface area contributed by atoms with E-state index in [4.69, 9.17) is 5.21 Å². The number of alkyl halides is 1. The Balaban J connectivity index is 3.07. The first-order chi connectivity index (χ1) is 17.4. The van der Waals surface area contributed by atoms with Gasteiger partial charge in [-0.1, -0.05) is 41.6 Å². The first-order valence-corrected chi connectivity index (χ1v) is 15.0. The molecule has 37 heavy (non-hydrogen) atoms. The third-order valence-corrected chi connectivity index (χ3v) is 6.96. The maximum Gasteiger partial charge on any atom is 0.300 e. The molecule has 208 valence electrons. The lowest BCUT2D eigenvalue weighted by atomic mass is 9.99. The molecule has 0 aliphatic heterocycles. The second-order valence-electron chi connectivity index (χ2n) is 8.61. The van der Waals surface area contributed by atoms with Crippen LogP contribution >= 0.6 is 15.9 Å². The number of unbranched alkanes of at least 4 members (excludes halogenated alkanes) is 5. The lowest BCUT2D eigenvalue weighted by molar-refractivity contribution is -0.393. The number of nitrogens with zero attached hydrogens (tertiary/aromatic N) is 3. The summed E-state index contributed by atoms with van der Waals surface area (Å²) >= 11 is 3.27. The summed E-state index contributed by atoms with van der Waals surface area (Å²) in [6, 6.07) is 1.87. The topological polar surface area (TPSA) is 190 Å². The van der Waals surface area contributed by atoms with Crippen molar-refractivity contribution in [3.63, 3.8) is 0 Å². The smallest absolute Gasteiger partial charge is 0.300 e. The Morgan fingerprint density at radius 2 is 1.57 bits per heavy atom. The Hall–Kier alpha value is -2.65. The van der Waals surface area contributed by atoms with Crippen molar-refractivity contribution in [2.75, 3.05) is 35.3 Å². The summed E-state index contributed by atoms with van der Waals surface area (Å²) in [5, 5.41) is 32.1. The highest BCUT2D eigenvalue weighted by Crippen LogP contribution is 2.37. The molecule has 15 heteroatoms. The van der Waals surface area contributed by atoms with Gasteiger partial charge in [-0.25, -0.2) is 13.9 Å². The normalized spacial score (nSPS) is 11.2. The van der Waals surface area contributed by atoms with E-state index in [2.05, 4.69) is 15.9 Å². The third kappa shape index (κ3) is 12.0. The number of hydroxylamine groups is 1. The summed E-state index contributed by atoms with van der Waals surface area (Å²) < 4.78 is 23.1. The lowest BCUT2D eigenvalue weighted by Gasteiger charge is -2.25. The predicted octanol–water partition coefficient (Wildman–Crippen LogP) is 3.95. The molecule has 0 aliphatic rings. The first kappa shape index (κ1) is 32.4. The molecular formula is C22H33BrN4O9S. The molecule has 0 aromatic heterocycles. The number of nitrogens with one attached hydrogen (secondary N) is 1. The predicted molar refractivity (Wildman–Crippen MR) is 141 cm³/mol. The van der Waals surface area contributed by atoms with Crippen LogP contribution in [0.3, 0.4) is 0 Å². The van der Waals surface area contributed by atoms with Crippen molar-refractivity contribution in [2.24, 2.45) is 0 Å². The molecule has 0 fully saturated rings. The van der Waals surface area contributed by atoms with E-state index in [1.54, 1.807) is 5.48 Å². The Bertz CT molecular complexity index is 1070. The van der Waals surface area contributed by atoms with Gasteiger partial charge in [0.25, 0.3) is 11.4 Å². The second-order valence-corrected chi connectivity index (χ2v) is 11.7. The summed E-state index contributed by atoms with van der Waals surface area (Å²) in [6.45, 7) is 0.322. The van der Waals surface area contributed by atoms with Gasteiger partial charge in [0, 0.05) is 43.6 Å². The van der Waals surface area contributed by atoms with Crippen molar-refractivity contribution < 1.29 is 33.1 Å². The highest BCUT2D eigenvalue weighted by atomic mass is 79.9. The van der Waals surface area contributed by atoms with Crippen LogP contribution in [0.5, 0.6) is 0 Å². The van der Waals surface area contributed by atoms with Crippen molar-refractivity contribution in [3.05, 3.63) is 37.9 Å². The van der Waals surface area contributed by atoms with Gasteiger partial charge < -0.3 is 4.90 Å².